The summed E-state index contributed by atoms with van der Waals surface area (Å²) in [7, 11) is 3.49. The number of rotatable bonds is 5. The molecule has 1 amide bonds. The third-order valence-electron chi connectivity index (χ3n) is 3.05. The van der Waals surface area contributed by atoms with Crippen LogP contribution in [0.1, 0.15) is 42.7 Å². The summed E-state index contributed by atoms with van der Waals surface area (Å²) in [6.07, 6.45) is 0. The third-order valence-corrected chi connectivity index (χ3v) is 3.05. The van der Waals surface area contributed by atoms with Gasteiger partial charge in [0.1, 0.15) is 5.82 Å². The average molecular weight is 274 g/mol. The molecule has 0 saturated carbocycles. The van der Waals surface area contributed by atoms with Crippen LogP contribution < -0.4 is 5.32 Å². The molecule has 0 aromatic carbocycles. The smallest absolute Gasteiger partial charge is 0.253 e. The van der Waals surface area contributed by atoms with Crippen LogP contribution in [0.4, 0.5) is 5.82 Å². The van der Waals surface area contributed by atoms with Gasteiger partial charge in [0.15, 0.2) is 0 Å². The predicted octanol–water partition coefficient (Wildman–Crippen LogP) is 2.48. The minimum absolute atomic E-state index is 0.0899. The second kappa shape index (κ2) is 6.90. The molecule has 0 aliphatic rings. The molecule has 20 heavy (non-hydrogen) atoms. The normalized spacial score (nSPS) is 11.8. The summed E-state index contributed by atoms with van der Waals surface area (Å²) in [6.45, 7) is 6.30. The van der Waals surface area contributed by atoms with Crippen LogP contribution in [-0.2, 0) is 0 Å². The summed E-state index contributed by atoms with van der Waals surface area (Å²) in [4.78, 5) is 18.4. The molecule has 1 unspecified atom stereocenters. The number of anilines is 1. The van der Waals surface area contributed by atoms with Gasteiger partial charge >= 0.3 is 0 Å². The third kappa shape index (κ3) is 3.95. The van der Waals surface area contributed by atoms with E-state index in [0.29, 0.717) is 17.9 Å². The maximum atomic E-state index is 12.4. The van der Waals surface area contributed by atoms with Crippen molar-refractivity contribution in [1.29, 1.82) is 5.26 Å². The van der Waals surface area contributed by atoms with Gasteiger partial charge in [-0.25, -0.2) is 4.98 Å². The Morgan fingerprint density at radius 3 is 2.60 bits per heavy atom. The zero-order chi connectivity index (χ0) is 15.3. The Bertz CT molecular complexity index is 519. The highest BCUT2D eigenvalue weighted by Crippen LogP contribution is 2.18. The fraction of sp³-hybridized carbons (Fsp3) is 0.533. The summed E-state index contributed by atoms with van der Waals surface area (Å²) in [5.41, 5.74) is 1.47. The molecule has 5 heteroatoms. The summed E-state index contributed by atoms with van der Waals surface area (Å²) < 4.78 is 0. The number of hydrogen-bond acceptors (Lipinski definition) is 4. The first-order valence-corrected chi connectivity index (χ1v) is 6.73. The van der Waals surface area contributed by atoms with Gasteiger partial charge in [-0.2, -0.15) is 5.26 Å². The Morgan fingerprint density at radius 2 is 2.10 bits per heavy atom. The molecule has 0 fully saturated rings. The van der Waals surface area contributed by atoms with Crippen LogP contribution in [0, 0.1) is 17.2 Å². The molecule has 0 saturated heterocycles. The van der Waals surface area contributed by atoms with Crippen molar-refractivity contribution in [2.24, 2.45) is 5.92 Å². The van der Waals surface area contributed by atoms with Gasteiger partial charge in [0.05, 0.1) is 12.0 Å². The van der Waals surface area contributed by atoms with E-state index in [2.05, 4.69) is 16.4 Å². The quantitative estimate of drug-likeness (QED) is 0.895. The lowest BCUT2D eigenvalue weighted by atomic mass is 10.1. The van der Waals surface area contributed by atoms with Gasteiger partial charge in [-0.05, 0) is 25.0 Å². The van der Waals surface area contributed by atoms with E-state index in [1.54, 1.807) is 32.0 Å². The molecule has 1 heterocycles. The molecule has 0 aliphatic heterocycles. The molecule has 1 aromatic heterocycles. The van der Waals surface area contributed by atoms with E-state index in [9.17, 15) is 4.79 Å². The second-order valence-electron chi connectivity index (χ2n) is 5.29. The molecule has 0 radical (unpaired) electrons. The minimum atomic E-state index is -0.181. The van der Waals surface area contributed by atoms with Crippen LogP contribution in [0.25, 0.3) is 0 Å². The molecule has 1 aromatic rings. The summed E-state index contributed by atoms with van der Waals surface area (Å²) in [5.74, 6) is 0.659. The minimum Gasteiger partial charge on any atom is -0.373 e. The van der Waals surface area contributed by atoms with Crippen LogP contribution in [0.3, 0.4) is 0 Å². The molecule has 108 valence electrons. The van der Waals surface area contributed by atoms with Crippen molar-refractivity contribution in [1.82, 2.24) is 9.88 Å². The lowest BCUT2D eigenvalue weighted by molar-refractivity contribution is 0.0785. The number of amides is 1. The molecule has 5 nitrogen and oxygen atoms in total. The van der Waals surface area contributed by atoms with Crippen molar-refractivity contribution in [3.8, 4) is 6.07 Å². The van der Waals surface area contributed by atoms with Gasteiger partial charge in [-0.1, -0.05) is 13.8 Å². The number of nitriles is 1. The molecule has 1 rings (SSSR count). The molecule has 1 atom stereocenters. The van der Waals surface area contributed by atoms with Crippen LogP contribution in [0.2, 0.25) is 0 Å². The Morgan fingerprint density at radius 1 is 1.45 bits per heavy atom. The van der Waals surface area contributed by atoms with E-state index >= 15 is 0 Å². The number of carbonyl (C=O) groups excluding carboxylic acids is 1. The highest BCUT2D eigenvalue weighted by atomic mass is 16.2. The standard InChI is InChI=1S/C15H22N4O/c1-10(2)13-6-12(7-14(17-4)18-13)15(20)19(5)9-11(3)8-16/h6-7,10-11H,9H2,1-5H3,(H,17,18). The number of nitrogens with one attached hydrogen (secondary N) is 1. The number of hydrogen-bond donors (Lipinski definition) is 1. The van der Waals surface area contributed by atoms with Gasteiger partial charge < -0.3 is 10.2 Å². The van der Waals surface area contributed by atoms with Gasteiger partial charge in [0.25, 0.3) is 5.91 Å². The van der Waals surface area contributed by atoms with Crippen LogP contribution in [0.15, 0.2) is 12.1 Å². The molecular weight excluding hydrogens is 252 g/mol. The Kier molecular flexibility index (Phi) is 5.51. The highest BCUT2D eigenvalue weighted by molar-refractivity contribution is 5.94. The monoisotopic (exact) mass is 274 g/mol. The van der Waals surface area contributed by atoms with Crippen molar-refractivity contribution < 1.29 is 4.79 Å². The number of aromatic nitrogens is 1. The summed E-state index contributed by atoms with van der Waals surface area (Å²) in [6, 6.07) is 5.69. The molecular formula is C15H22N4O. The van der Waals surface area contributed by atoms with Crippen molar-refractivity contribution in [3.05, 3.63) is 23.4 Å². The van der Waals surface area contributed by atoms with Crippen molar-refractivity contribution >= 4 is 11.7 Å². The summed E-state index contributed by atoms with van der Waals surface area (Å²) >= 11 is 0. The molecule has 0 spiro atoms. The average Bonchev–Trinajstić information content (AvgIpc) is 2.45. The first-order chi connectivity index (χ1) is 9.38. The number of carbonyl (C=O) groups is 1. The fourth-order valence-corrected chi connectivity index (χ4v) is 1.85. The van der Waals surface area contributed by atoms with E-state index < -0.39 is 0 Å². The zero-order valence-corrected chi connectivity index (χ0v) is 12.8. The second-order valence-corrected chi connectivity index (χ2v) is 5.29. The van der Waals surface area contributed by atoms with Crippen LogP contribution >= 0.6 is 0 Å². The highest BCUT2D eigenvalue weighted by Gasteiger charge is 2.17. The fourth-order valence-electron chi connectivity index (χ4n) is 1.85. The predicted molar refractivity (Wildman–Crippen MR) is 79.6 cm³/mol. The van der Waals surface area contributed by atoms with Crippen LogP contribution in [0.5, 0.6) is 0 Å². The van der Waals surface area contributed by atoms with E-state index in [-0.39, 0.29) is 17.7 Å². The Hall–Kier alpha value is -2.09. The van der Waals surface area contributed by atoms with Gasteiger partial charge in [-0.15, -0.1) is 0 Å². The first kappa shape index (κ1) is 16.0. The molecule has 0 bridgehead atoms. The van der Waals surface area contributed by atoms with Crippen molar-refractivity contribution in [2.45, 2.75) is 26.7 Å². The van der Waals surface area contributed by atoms with Crippen LogP contribution in [-0.4, -0.2) is 36.4 Å². The van der Waals surface area contributed by atoms with E-state index in [4.69, 9.17) is 5.26 Å². The topological polar surface area (TPSA) is 69.0 Å². The molecule has 1 N–H and O–H groups in total. The van der Waals surface area contributed by atoms with Gasteiger partial charge in [-0.3, -0.25) is 4.79 Å². The van der Waals surface area contributed by atoms with Crippen molar-refractivity contribution in [3.63, 3.8) is 0 Å². The number of nitrogens with zero attached hydrogens (tertiary/aromatic N) is 3. The maximum absolute atomic E-state index is 12.4. The van der Waals surface area contributed by atoms with Gasteiger partial charge in [0.2, 0.25) is 0 Å². The van der Waals surface area contributed by atoms with Crippen molar-refractivity contribution in [2.75, 3.05) is 26.0 Å². The molecule has 0 aliphatic carbocycles. The zero-order valence-electron chi connectivity index (χ0n) is 12.8. The lowest BCUT2D eigenvalue weighted by Gasteiger charge is -2.19. The Labute approximate surface area is 120 Å². The SMILES string of the molecule is CNc1cc(C(=O)N(C)CC(C)C#N)cc(C(C)C)n1. The summed E-state index contributed by atoms with van der Waals surface area (Å²) in [5, 5.41) is 11.8. The largest absolute Gasteiger partial charge is 0.373 e. The van der Waals surface area contributed by atoms with Gasteiger partial charge in [0, 0.05) is 31.9 Å². The Balaban J connectivity index is 3.03. The van der Waals surface area contributed by atoms with E-state index in [1.807, 2.05) is 19.9 Å². The first-order valence-electron chi connectivity index (χ1n) is 6.73. The van der Waals surface area contributed by atoms with E-state index in [0.717, 1.165) is 5.69 Å². The number of pyridine rings is 1. The lowest BCUT2D eigenvalue weighted by Crippen LogP contribution is -2.30. The van der Waals surface area contributed by atoms with E-state index in [1.165, 1.54) is 0 Å². The maximum Gasteiger partial charge on any atom is 0.253 e.